The summed E-state index contributed by atoms with van der Waals surface area (Å²) in [6, 6.07) is 20.9. The maximum absolute atomic E-state index is 13.3. The summed E-state index contributed by atoms with van der Waals surface area (Å²) in [5, 5.41) is 20.4. The molecule has 1 saturated heterocycles. The Bertz CT molecular complexity index is 1540. The van der Waals surface area contributed by atoms with Gasteiger partial charge in [0, 0.05) is 5.56 Å². The van der Waals surface area contributed by atoms with E-state index in [1.54, 1.807) is 55.5 Å². The molecule has 1 atom stereocenters. The van der Waals surface area contributed by atoms with Gasteiger partial charge in [0.25, 0.3) is 5.78 Å². The lowest BCUT2D eigenvalue weighted by Crippen LogP contribution is -2.29. The van der Waals surface area contributed by atoms with Gasteiger partial charge in [0.1, 0.15) is 28.9 Å². The van der Waals surface area contributed by atoms with Crippen LogP contribution in [0.15, 0.2) is 78.4 Å². The fraction of sp³-hybridized carbons (Fsp3) is 0.172. The van der Waals surface area contributed by atoms with Crippen LogP contribution in [0.3, 0.4) is 0 Å². The number of aromatic nitrogens is 2. The summed E-state index contributed by atoms with van der Waals surface area (Å²) >= 11 is 1.19. The molecule has 1 aromatic heterocycles. The normalized spacial score (nSPS) is 16.6. The Morgan fingerprint density at radius 3 is 2.42 bits per heavy atom. The van der Waals surface area contributed by atoms with Crippen LogP contribution in [0, 0.1) is 13.8 Å². The van der Waals surface area contributed by atoms with Crippen LogP contribution in [0.5, 0.6) is 11.5 Å². The molecule has 5 rings (SSSR count). The highest BCUT2D eigenvalue weighted by Crippen LogP contribution is 2.43. The van der Waals surface area contributed by atoms with Gasteiger partial charge in [-0.3, -0.25) is 14.5 Å². The largest absolute Gasteiger partial charge is 0.507 e. The number of rotatable bonds is 7. The zero-order valence-corrected chi connectivity index (χ0v) is 21.9. The van der Waals surface area contributed by atoms with Gasteiger partial charge < -0.3 is 14.6 Å². The molecule has 9 heteroatoms. The first-order valence-electron chi connectivity index (χ1n) is 11.9. The molecule has 38 heavy (non-hydrogen) atoms. The fourth-order valence-electron chi connectivity index (χ4n) is 4.34. The standard InChI is InChI=1S/C29H25N3O5S/c1-17-7-4-5-8-21(17)16-37-22-13-11-19(12-14-22)26(33)24-25(20-9-6-10-23(15-20)36-3)32(28(35)27(24)34)29-31-30-18(2)38-29/h4-15,25,33H,16H2,1-3H3/b26-24-. The maximum atomic E-state index is 13.3. The summed E-state index contributed by atoms with van der Waals surface area (Å²) < 4.78 is 11.3. The van der Waals surface area contributed by atoms with Crippen LogP contribution in [0.4, 0.5) is 5.13 Å². The average Bonchev–Trinajstić information content (AvgIpc) is 3.48. The number of anilines is 1. The number of Topliss-reactive ketones (excluding diaryl/α,β-unsaturated/α-hetero) is 1. The average molecular weight is 528 g/mol. The highest BCUT2D eigenvalue weighted by atomic mass is 32.1. The molecular weight excluding hydrogens is 502 g/mol. The van der Waals surface area contributed by atoms with E-state index in [0.717, 1.165) is 11.1 Å². The minimum Gasteiger partial charge on any atom is -0.507 e. The van der Waals surface area contributed by atoms with Crippen molar-refractivity contribution in [2.75, 3.05) is 12.0 Å². The van der Waals surface area contributed by atoms with E-state index >= 15 is 0 Å². The third-order valence-electron chi connectivity index (χ3n) is 6.36. The quantitative estimate of drug-likeness (QED) is 0.196. The first kappa shape index (κ1) is 25.2. The third kappa shape index (κ3) is 4.76. The molecule has 2 heterocycles. The molecule has 8 nitrogen and oxygen atoms in total. The van der Waals surface area contributed by atoms with Gasteiger partial charge >= 0.3 is 5.91 Å². The number of nitrogens with zero attached hydrogens (tertiary/aromatic N) is 3. The number of carbonyl (C=O) groups is 2. The molecule has 1 fully saturated rings. The molecule has 0 saturated carbocycles. The lowest BCUT2D eigenvalue weighted by molar-refractivity contribution is -0.132. The van der Waals surface area contributed by atoms with Gasteiger partial charge in [-0.2, -0.15) is 0 Å². The molecule has 0 bridgehead atoms. The number of hydrogen-bond donors (Lipinski definition) is 1. The number of carbonyl (C=O) groups excluding carboxylic acids is 2. The van der Waals surface area contributed by atoms with E-state index in [0.29, 0.717) is 34.2 Å². The molecule has 1 N–H and O–H groups in total. The lowest BCUT2D eigenvalue weighted by atomic mass is 9.95. The van der Waals surface area contributed by atoms with Crippen LogP contribution in [0.1, 0.15) is 33.3 Å². The Morgan fingerprint density at radius 2 is 1.74 bits per heavy atom. The van der Waals surface area contributed by atoms with Crippen molar-refractivity contribution in [3.8, 4) is 11.5 Å². The van der Waals surface area contributed by atoms with E-state index < -0.39 is 17.7 Å². The van der Waals surface area contributed by atoms with Crippen molar-refractivity contribution in [1.29, 1.82) is 0 Å². The van der Waals surface area contributed by atoms with Gasteiger partial charge in [-0.15, -0.1) is 10.2 Å². The highest BCUT2D eigenvalue weighted by molar-refractivity contribution is 7.15. The monoisotopic (exact) mass is 527 g/mol. The number of aliphatic hydroxyl groups is 1. The Labute approximate surface area is 223 Å². The summed E-state index contributed by atoms with van der Waals surface area (Å²) in [7, 11) is 1.53. The van der Waals surface area contributed by atoms with Crippen molar-refractivity contribution in [3.05, 3.63) is 106 Å². The number of aryl methyl sites for hydroxylation is 2. The topological polar surface area (TPSA) is 102 Å². The van der Waals surface area contributed by atoms with E-state index in [1.807, 2.05) is 31.2 Å². The Kier molecular flexibility index (Phi) is 6.93. The zero-order chi connectivity index (χ0) is 26.8. The van der Waals surface area contributed by atoms with Crippen molar-refractivity contribution in [3.63, 3.8) is 0 Å². The molecule has 4 aromatic rings. The lowest BCUT2D eigenvalue weighted by Gasteiger charge is -2.23. The Balaban J connectivity index is 1.52. The van der Waals surface area contributed by atoms with Gasteiger partial charge in [0.05, 0.1) is 18.7 Å². The fourth-order valence-corrected chi connectivity index (χ4v) is 5.05. The number of benzene rings is 3. The molecule has 1 unspecified atom stereocenters. The minimum atomic E-state index is -0.908. The molecule has 1 aliphatic heterocycles. The summed E-state index contributed by atoms with van der Waals surface area (Å²) in [5.41, 5.74) is 3.15. The summed E-state index contributed by atoms with van der Waals surface area (Å²) in [6.07, 6.45) is 0. The number of ketones is 1. The van der Waals surface area contributed by atoms with Crippen LogP contribution in [-0.4, -0.2) is 34.1 Å². The van der Waals surface area contributed by atoms with Gasteiger partial charge in [-0.25, -0.2) is 0 Å². The molecule has 192 valence electrons. The predicted octanol–water partition coefficient (Wildman–Crippen LogP) is 5.37. The number of amides is 1. The van der Waals surface area contributed by atoms with Gasteiger partial charge in [0.15, 0.2) is 0 Å². The summed E-state index contributed by atoms with van der Waals surface area (Å²) in [4.78, 5) is 27.8. The maximum Gasteiger partial charge on any atom is 0.301 e. The zero-order valence-electron chi connectivity index (χ0n) is 21.0. The minimum absolute atomic E-state index is 0.0373. The van der Waals surface area contributed by atoms with Gasteiger partial charge in [0.2, 0.25) is 5.13 Å². The molecule has 1 amide bonds. The van der Waals surface area contributed by atoms with Crippen molar-refractivity contribution in [2.45, 2.75) is 26.5 Å². The smallest absolute Gasteiger partial charge is 0.301 e. The summed E-state index contributed by atoms with van der Waals surface area (Å²) in [5.74, 6) is -0.710. The van der Waals surface area contributed by atoms with Crippen molar-refractivity contribution in [2.24, 2.45) is 0 Å². The van der Waals surface area contributed by atoms with Crippen LogP contribution in [-0.2, 0) is 16.2 Å². The number of methoxy groups -OCH3 is 1. The molecule has 1 aliphatic rings. The van der Waals surface area contributed by atoms with Gasteiger partial charge in [-0.1, -0.05) is 47.7 Å². The van der Waals surface area contributed by atoms with Crippen molar-refractivity contribution >= 4 is 33.9 Å². The van der Waals surface area contributed by atoms with E-state index in [-0.39, 0.29) is 16.5 Å². The van der Waals surface area contributed by atoms with Crippen LogP contribution in [0.2, 0.25) is 0 Å². The molecule has 0 aliphatic carbocycles. The SMILES string of the molecule is COc1cccc(C2/C(=C(/O)c3ccc(OCc4ccccc4C)cc3)C(=O)C(=O)N2c2nnc(C)s2)c1. The molecular formula is C29H25N3O5S. The van der Waals surface area contributed by atoms with E-state index in [4.69, 9.17) is 9.47 Å². The van der Waals surface area contributed by atoms with Crippen molar-refractivity contribution in [1.82, 2.24) is 10.2 Å². The van der Waals surface area contributed by atoms with Crippen LogP contribution < -0.4 is 14.4 Å². The molecule has 3 aromatic carbocycles. The van der Waals surface area contributed by atoms with Crippen LogP contribution >= 0.6 is 11.3 Å². The molecule has 0 radical (unpaired) electrons. The second-order valence-electron chi connectivity index (χ2n) is 8.79. The number of aliphatic hydroxyl groups excluding tert-OH is 1. The second kappa shape index (κ2) is 10.5. The van der Waals surface area contributed by atoms with Crippen molar-refractivity contribution < 1.29 is 24.2 Å². The van der Waals surface area contributed by atoms with E-state index in [2.05, 4.69) is 10.2 Å². The molecule has 0 spiro atoms. The Morgan fingerprint density at radius 1 is 0.974 bits per heavy atom. The first-order valence-corrected chi connectivity index (χ1v) is 12.7. The van der Waals surface area contributed by atoms with E-state index in [1.165, 1.54) is 23.3 Å². The third-order valence-corrected chi connectivity index (χ3v) is 7.20. The second-order valence-corrected chi connectivity index (χ2v) is 9.95. The van der Waals surface area contributed by atoms with Crippen LogP contribution in [0.25, 0.3) is 5.76 Å². The first-order chi connectivity index (χ1) is 18.4. The van der Waals surface area contributed by atoms with E-state index in [9.17, 15) is 14.7 Å². The number of ether oxygens (including phenoxy) is 2. The highest BCUT2D eigenvalue weighted by Gasteiger charge is 2.48. The summed E-state index contributed by atoms with van der Waals surface area (Å²) in [6.45, 7) is 4.19. The predicted molar refractivity (Wildman–Crippen MR) is 144 cm³/mol. The Hall–Kier alpha value is -4.50. The van der Waals surface area contributed by atoms with Gasteiger partial charge in [-0.05, 0) is 66.9 Å². The number of hydrogen-bond acceptors (Lipinski definition) is 8.